The molecule has 0 unspecified atom stereocenters. The van der Waals surface area contributed by atoms with E-state index < -0.39 is 12.6 Å². The van der Waals surface area contributed by atoms with Gasteiger partial charge in [-0.05, 0) is 49.1 Å². The lowest BCUT2D eigenvalue weighted by molar-refractivity contribution is -0.0497. The highest BCUT2D eigenvalue weighted by molar-refractivity contribution is 6.32. The molecule has 2 aliphatic heterocycles. The van der Waals surface area contributed by atoms with Gasteiger partial charge >= 0.3 is 12.6 Å². The molecule has 9 heteroatoms. The minimum Gasteiger partial charge on any atom is -0.433 e. The van der Waals surface area contributed by atoms with Crippen LogP contribution in [0.4, 0.5) is 23.7 Å². The Morgan fingerprint density at radius 3 is 2.89 bits per heavy atom. The van der Waals surface area contributed by atoms with Gasteiger partial charge < -0.3 is 15.0 Å². The van der Waals surface area contributed by atoms with E-state index >= 15 is 0 Å². The normalized spacial score (nSPS) is 20.6. The van der Waals surface area contributed by atoms with Gasteiger partial charge in [-0.15, -0.1) is 0 Å². The number of ether oxygens (including phenoxy) is 1. The summed E-state index contributed by atoms with van der Waals surface area (Å²) >= 11 is 5.92. The maximum absolute atomic E-state index is 14.0. The molecule has 0 saturated carbocycles. The molecule has 142 valence electrons. The van der Waals surface area contributed by atoms with Crippen LogP contribution in [0.5, 0.6) is 5.75 Å². The van der Waals surface area contributed by atoms with Crippen LogP contribution >= 0.6 is 11.6 Å². The number of nitrogens with one attached hydrogen (secondary N) is 1. The van der Waals surface area contributed by atoms with Gasteiger partial charge in [-0.1, -0.05) is 11.6 Å². The van der Waals surface area contributed by atoms with E-state index in [4.69, 9.17) is 11.6 Å². The molecule has 2 amide bonds. The van der Waals surface area contributed by atoms with Crippen molar-refractivity contribution < 1.29 is 22.7 Å². The predicted molar refractivity (Wildman–Crippen MR) is 92.6 cm³/mol. The third kappa shape index (κ3) is 3.29. The summed E-state index contributed by atoms with van der Waals surface area (Å²) in [6, 6.07) is 5.13. The van der Waals surface area contributed by atoms with Gasteiger partial charge in [0.1, 0.15) is 5.75 Å². The number of rotatable bonds is 3. The highest BCUT2D eigenvalue weighted by Crippen LogP contribution is 2.44. The van der Waals surface area contributed by atoms with Crippen molar-refractivity contribution in [3.05, 3.63) is 52.6 Å². The molecule has 1 aromatic carbocycles. The molecule has 0 aliphatic carbocycles. The van der Waals surface area contributed by atoms with Gasteiger partial charge in [0.15, 0.2) is 0 Å². The molecule has 1 aromatic heterocycles. The highest BCUT2D eigenvalue weighted by atomic mass is 35.5. The molecule has 0 spiro atoms. The van der Waals surface area contributed by atoms with Gasteiger partial charge in [-0.3, -0.25) is 0 Å². The van der Waals surface area contributed by atoms with Crippen LogP contribution in [0.25, 0.3) is 0 Å². The average Bonchev–Trinajstić information content (AvgIpc) is 2.93. The number of fused-ring (bicyclic) bond motifs is 4. The largest absolute Gasteiger partial charge is 0.433 e. The second-order valence-electron chi connectivity index (χ2n) is 6.48. The van der Waals surface area contributed by atoms with Gasteiger partial charge in [0.25, 0.3) is 0 Å². The fourth-order valence-corrected chi connectivity index (χ4v) is 4.11. The first-order valence-electron chi connectivity index (χ1n) is 8.41. The van der Waals surface area contributed by atoms with Crippen molar-refractivity contribution in [1.29, 1.82) is 0 Å². The molecule has 1 fully saturated rings. The second kappa shape index (κ2) is 6.92. The topological polar surface area (TPSA) is 54.5 Å². The molecule has 1 saturated heterocycles. The fraction of sp³-hybridized carbons (Fsp3) is 0.333. The number of halogens is 4. The number of urea groups is 1. The summed E-state index contributed by atoms with van der Waals surface area (Å²) in [7, 11) is 0. The number of carbonyl (C=O) groups excluding carboxylic acids is 1. The van der Waals surface area contributed by atoms with E-state index in [1.54, 1.807) is 11.0 Å². The van der Waals surface area contributed by atoms with E-state index in [0.29, 0.717) is 17.7 Å². The van der Waals surface area contributed by atoms with Gasteiger partial charge in [-0.2, -0.15) is 13.2 Å². The lowest BCUT2D eigenvalue weighted by atomic mass is 9.95. The van der Waals surface area contributed by atoms with Crippen molar-refractivity contribution in [2.45, 2.75) is 38.0 Å². The first kappa shape index (κ1) is 17.9. The number of anilines is 1. The minimum absolute atomic E-state index is 0.0341. The van der Waals surface area contributed by atoms with E-state index in [9.17, 15) is 18.0 Å². The van der Waals surface area contributed by atoms with Gasteiger partial charge in [0.05, 0.1) is 11.1 Å². The summed E-state index contributed by atoms with van der Waals surface area (Å²) in [5.41, 5.74) is 1.72. The Morgan fingerprint density at radius 2 is 2.15 bits per heavy atom. The predicted octanol–water partition coefficient (Wildman–Crippen LogP) is 4.77. The lowest BCUT2D eigenvalue weighted by Crippen LogP contribution is -2.44. The van der Waals surface area contributed by atoms with Crippen molar-refractivity contribution in [2.24, 2.45) is 0 Å². The summed E-state index contributed by atoms with van der Waals surface area (Å²) in [6.07, 6.45) is 3.34. The number of alkyl halides is 2. The van der Waals surface area contributed by atoms with Crippen molar-refractivity contribution in [3.8, 4) is 5.75 Å². The molecular formula is C18H15ClF3N3O2. The summed E-state index contributed by atoms with van der Waals surface area (Å²) < 4.78 is 42.9. The summed E-state index contributed by atoms with van der Waals surface area (Å²) in [5.74, 6) is -0.648. The third-order valence-electron chi connectivity index (χ3n) is 4.97. The fourth-order valence-electron chi connectivity index (χ4n) is 3.88. The summed E-state index contributed by atoms with van der Waals surface area (Å²) in [5, 5.41) is 2.70. The smallest absolute Gasteiger partial charge is 0.387 e. The standard InChI is InChI=1S/C18H15ClF3N3O2/c19-13-7-9(1-4-15(13)27-17(21)22)24-18(26)25-10-2-3-14(25)11-5-6-23-16(20)12(11)8-10/h1,4-7,10,14,17H,2-3,8H2,(H,24,26)/t10-,14+/m1/s1. The van der Waals surface area contributed by atoms with Crippen LogP contribution in [0.3, 0.4) is 0 Å². The van der Waals surface area contributed by atoms with E-state index in [1.165, 1.54) is 24.4 Å². The quantitative estimate of drug-likeness (QED) is 0.759. The Hall–Kier alpha value is -2.48. The van der Waals surface area contributed by atoms with Crippen molar-refractivity contribution in [2.75, 3.05) is 5.32 Å². The van der Waals surface area contributed by atoms with Crippen LogP contribution in [-0.2, 0) is 6.42 Å². The zero-order chi connectivity index (χ0) is 19.1. The lowest BCUT2D eigenvalue weighted by Gasteiger charge is -2.36. The molecule has 1 N–H and O–H groups in total. The molecule has 2 atom stereocenters. The van der Waals surface area contributed by atoms with Gasteiger partial charge in [-0.25, -0.2) is 9.78 Å². The van der Waals surface area contributed by atoms with E-state index in [0.717, 1.165) is 18.4 Å². The molecule has 2 aromatic rings. The maximum atomic E-state index is 14.0. The monoisotopic (exact) mass is 397 g/mol. The van der Waals surface area contributed by atoms with Crippen molar-refractivity contribution in [1.82, 2.24) is 9.88 Å². The molecule has 2 bridgehead atoms. The Labute approximate surface area is 158 Å². The Morgan fingerprint density at radius 1 is 1.33 bits per heavy atom. The van der Waals surface area contributed by atoms with Crippen molar-refractivity contribution >= 4 is 23.3 Å². The second-order valence-corrected chi connectivity index (χ2v) is 6.89. The number of hydrogen-bond donors (Lipinski definition) is 1. The molecule has 5 nitrogen and oxygen atoms in total. The number of amides is 2. The number of pyridine rings is 1. The van der Waals surface area contributed by atoms with Crippen LogP contribution in [-0.4, -0.2) is 28.6 Å². The Kier molecular flexibility index (Phi) is 4.59. The minimum atomic E-state index is -2.98. The zero-order valence-corrected chi connectivity index (χ0v) is 14.7. The SMILES string of the molecule is O=C(Nc1ccc(OC(F)F)c(Cl)c1)N1[C@@H]2CC[C@H]1c1ccnc(F)c1C2. The first-order chi connectivity index (χ1) is 12.9. The van der Waals surface area contributed by atoms with Crippen LogP contribution in [0, 0.1) is 5.95 Å². The summed E-state index contributed by atoms with van der Waals surface area (Å²) in [6.45, 7) is -2.98. The number of benzene rings is 1. The first-order valence-corrected chi connectivity index (χ1v) is 8.79. The Bertz CT molecular complexity index is 896. The molecule has 0 radical (unpaired) electrons. The van der Waals surface area contributed by atoms with E-state index in [2.05, 4.69) is 15.0 Å². The maximum Gasteiger partial charge on any atom is 0.387 e. The Balaban J connectivity index is 1.53. The van der Waals surface area contributed by atoms with Gasteiger partial charge in [0.2, 0.25) is 5.95 Å². The summed E-state index contributed by atoms with van der Waals surface area (Å²) in [4.78, 5) is 18.2. The van der Waals surface area contributed by atoms with E-state index in [-0.39, 0.29) is 28.9 Å². The number of hydrogen-bond acceptors (Lipinski definition) is 3. The highest BCUT2D eigenvalue weighted by Gasteiger charge is 2.43. The number of nitrogens with zero attached hydrogens (tertiary/aromatic N) is 2. The van der Waals surface area contributed by atoms with Gasteiger partial charge in [0, 0.05) is 23.5 Å². The number of carbonyl (C=O) groups is 1. The molecular weight excluding hydrogens is 383 g/mol. The zero-order valence-electron chi connectivity index (χ0n) is 14.0. The molecule has 2 aliphatic rings. The third-order valence-corrected chi connectivity index (χ3v) is 5.27. The molecule has 27 heavy (non-hydrogen) atoms. The molecule has 4 rings (SSSR count). The van der Waals surface area contributed by atoms with Crippen LogP contribution < -0.4 is 10.1 Å². The number of aromatic nitrogens is 1. The van der Waals surface area contributed by atoms with E-state index in [1.807, 2.05) is 0 Å². The van der Waals surface area contributed by atoms with Crippen molar-refractivity contribution in [3.63, 3.8) is 0 Å². The average molecular weight is 398 g/mol. The van der Waals surface area contributed by atoms with Crippen LogP contribution in [0.2, 0.25) is 5.02 Å². The van der Waals surface area contributed by atoms with Crippen LogP contribution in [0.1, 0.15) is 30.0 Å². The molecule has 3 heterocycles. The van der Waals surface area contributed by atoms with Crippen LogP contribution in [0.15, 0.2) is 30.5 Å².